The van der Waals surface area contributed by atoms with Crippen LogP contribution < -0.4 is 10.6 Å². The fourth-order valence-electron chi connectivity index (χ4n) is 2.88. The van der Waals surface area contributed by atoms with Gasteiger partial charge in [-0.1, -0.05) is 51.5 Å². The van der Waals surface area contributed by atoms with Crippen LogP contribution in [0.2, 0.25) is 0 Å². The van der Waals surface area contributed by atoms with E-state index in [9.17, 15) is 9.90 Å². The summed E-state index contributed by atoms with van der Waals surface area (Å²) in [4.78, 5) is 12.0. The molecule has 4 unspecified atom stereocenters. The molecule has 21 heavy (non-hydrogen) atoms. The number of fused-ring (bicyclic) bond motifs is 1. The predicted octanol–water partition coefficient (Wildman–Crippen LogP) is 2.63. The molecule has 1 aliphatic carbocycles. The van der Waals surface area contributed by atoms with Gasteiger partial charge in [0.1, 0.15) is 0 Å². The van der Waals surface area contributed by atoms with E-state index in [-0.39, 0.29) is 18.0 Å². The Bertz CT molecular complexity index is 489. The standard InChI is InChI=1S/C17H26N2O2/c1-4-11(2)15(20)10-18-17(21)19-16-12(3)9-13-7-5-6-8-14(13)16/h5-8,11-12,15-16,20H,4,9-10H2,1-3H3,(H2,18,19,21). The van der Waals surface area contributed by atoms with Crippen LogP contribution in [0.3, 0.4) is 0 Å². The molecule has 0 heterocycles. The molecule has 0 aliphatic heterocycles. The number of aliphatic hydroxyl groups is 1. The first-order valence-corrected chi connectivity index (χ1v) is 7.83. The SMILES string of the molecule is CCC(C)C(O)CNC(=O)NC1c2ccccc2CC1C. The van der Waals surface area contributed by atoms with Crippen molar-refractivity contribution in [3.8, 4) is 0 Å². The van der Waals surface area contributed by atoms with E-state index < -0.39 is 6.10 Å². The first-order chi connectivity index (χ1) is 10.0. The van der Waals surface area contributed by atoms with Gasteiger partial charge in [0.2, 0.25) is 0 Å². The summed E-state index contributed by atoms with van der Waals surface area (Å²) in [5.41, 5.74) is 2.53. The fraction of sp³-hybridized carbons (Fsp3) is 0.588. The molecule has 0 radical (unpaired) electrons. The summed E-state index contributed by atoms with van der Waals surface area (Å²) < 4.78 is 0. The Balaban J connectivity index is 1.89. The molecule has 2 rings (SSSR count). The number of rotatable bonds is 5. The summed E-state index contributed by atoms with van der Waals surface area (Å²) in [5.74, 6) is 0.587. The van der Waals surface area contributed by atoms with Crippen LogP contribution in [0.15, 0.2) is 24.3 Å². The summed E-state index contributed by atoms with van der Waals surface area (Å²) >= 11 is 0. The number of urea groups is 1. The van der Waals surface area contributed by atoms with Crippen molar-refractivity contribution in [3.05, 3.63) is 35.4 Å². The van der Waals surface area contributed by atoms with Gasteiger partial charge in [-0.25, -0.2) is 4.79 Å². The lowest BCUT2D eigenvalue weighted by atomic mass is 10.0. The first-order valence-electron chi connectivity index (χ1n) is 7.83. The number of carbonyl (C=O) groups is 1. The van der Waals surface area contributed by atoms with Crippen LogP contribution in [-0.4, -0.2) is 23.8 Å². The van der Waals surface area contributed by atoms with Crippen LogP contribution in [0.4, 0.5) is 4.79 Å². The minimum Gasteiger partial charge on any atom is -0.391 e. The number of hydrogen-bond acceptors (Lipinski definition) is 2. The second-order valence-electron chi connectivity index (χ2n) is 6.17. The zero-order valence-electron chi connectivity index (χ0n) is 13.1. The average molecular weight is 290 g/mol. The van der Waals surface area contributed by atoms with Crippen molar-refractivity contribution in [3.63, 3.8) is 0 Å². The van der Waals surface area contributed by atoms with Gasteiger partial charge in [0.15, 0.2) is 0 Å². The van der Waals surface area contributed by atoms with Gasteiger partial charge in [-0.05, 0) is 29.4 Å². The highest BCUT2D eigenvalue weighted by Crippen LogP contribution is 2.35. The number of benzene rings is 1. The number of hydrogen-bond donors (Lipinski definition) is 3. The number of aliphatic hydroxyl groups excluding tert-OH is 1. The molecule has 0 fully saturated rings. The van der Waals surface area contributed by atoms with E-state index in [1.165, 1.54) is 11.1 Å². The maximum atomic E-state index is 12.0. The maximum Gasteiger partial charge on any atom is 0.315 e. The molecule has 1 aromatic rings. The summed E-state index contributed by atoms with van der Waals surface area (Å²) in [7, 11) is 0. The van der Waals surface area contributed by atoms with Crippen molar-refractivity contribution in [2.45, 2.75) is 45.8 Å². The fourth-order valence-corrected chi connectivity index (χ4v) is 2.88. The lowest BCUT2D eigenvalue weighted by Gasteiger charge is -2.21. The number of carbonyl (C=O) groups excluding carboxylic acids is 1. The van der Waals surface area contributed by atoms with Gasteiger partial charge in [0.05, 0.1) is 12.1 Å². The van der Waals surface area contributed by atoms with Crippen molar-refractivity contribution in [1.82, 2.24) is 10.6 Å². The van der Waals surface area contributed by atoms with Gasteiger partial charge >= 0.3 is 6.03 Å². The first kappa shape index (κ1) is 15.8. The van der Waals surface area contributed by atoms with E-state index in [1.807, 2.05) is 26.0 Å². The molecular formula is C17H26N2O2. The normalized spacial score (nSPS) is 23.2. The summed E-state index contributed by atoms with van der Waals surface area (Å²) in [6.07, 6.45) is 1.41. The van der Waals surface area contributed by atoms with Crippen LogP contribution in [0, 0.1) is 11.8 Å². The lowest BCUT2D eigenvalue weighted by Crippen LogP contribution is -2.43. The number of amides is 2. The Morgan fingerprint density at radius 3 is 2.86 bits per heavy atom. The van der Waals surface area contributed by atoms with Gasteiger partial charge in [0, 0.05) is 6.54 Å². The number of nitrogens with one attached hydrogen (secondary N) is 2. The summed E-state index contributed by atoms with van der Waals surface area (Å²) in [6.45, 7) is 6.47. The quantitative estimate of drug-likeness (QED) is 0.780. The summed E-state index contributed by atoms with van der Waals surface area (Å²) in [6, 6.07) is 8.11. The van der Waals surface area contributed by atoms with Gasteiger partial charge in [0.25, 0.3) is 0 Å². The van der Waals surface area contributed by atoms with Crippen molar-refractivity contribution >= 4 is 6.03 Å². The van der Waals surface area contributed by atoms with Crippen LogP contribution >= 0.6 is 0 Å². The molecule has 4 nitrogen and oxygen atoms in total. The van der Waals surface area contributed by atoms with Crippen molar-refractivity contribution < 1.29 is 9.90 Å². The second kappa shape index (κ2) is 6.94. The van der Waals surface area contributed by atoms with Crippen LogP contribution in [0.25, 0.3) is 0 Å². The van der Waals surface area contributed by atoms with Crippen molar-refractivity contribution in [2.75, 3.05) is 6.54 Å². The van der Waals surface area contributed by atoms with E-state index in [0.717, 1.165) is 12.8 Å². The van der Waals surface area contributed by atoms with E-state index in [4.69, 9.17) is 0 Å². The molecule has 0 spiro atoms. The van der Waals surface area contributed by atoms with Crippen molar-refractivity contribution in [1.29, 1.82) is 0 Å². The Morgan fingerprint density at radius 1 is 1.43 bits per heavy atom. The third kappa shape index (κ3) is 3.76. The minimum atomic E-state index is -0.492. The maximum absolute atomic E-state index is 12.0. The van der Waals surface area contributed by atoms with Gasteiger partial charge in [-0.15, -0.1) is 0 Å². The molecule has 0 saturated carbocycles. The molecular weight excluding hydrogens is 264 g/mol. The highest BCUT2D eigenvalue weighted by Gasteiger charge is 2.30. The third-order valence-corrected chi connectivity index (χ3v) is 4.56. The Labute approximate surface area is 126 Å². The largest absolute Gasteiger partial charge is 0.391 e. The van der Waals surface area contributed by atoms with E-state index >= 15 is 0 Å². The van der Waals surface area contributed by atoms with Crippen LogP contribution in [-0.2, 0) is 6.42 Å². The molecule has 4 heteroatoms. The van der Waals surface area contributed by atoms with Gasteiger partial charge < -0.3 is 15.7 Å². The zero-order chi connectivity index (χ0) is 15.4. The molecule has 1 aromatic carbocycles. The predicted molar refractivity (Wildman–Crippen MR) is 84.0 cm³/mol. The van der Waals surface area contributed by atoms with Crippen LogP contribution in [0.1, 0.15) is 44.4 Å². The molecule has 1 aliphatic rings. The zero-order valence-corrected chi connectivity index (χ0v) is 13.1. The molecule has 0 bridgehead atoms. The monoisotopic (exact) mass is 290 g/mol. The van der Waals surface area contributed by atoms with E-state index in [1.54, 1.807) is 0 Å². The lowest BCUT2D eigenvalue weighted by molar-refractivity contribution is 0.114. The van der Waals surface area contributed by atoms with Crippen LogP contribution in [0.5, 0.6) is 0 Å². The Kier molecular flexibility index (Phi) is 5.23. The Morgan fingerprint density at radius 2 is 2.14 bits per heavy atom. The van der Waals surface area contributed by atoms with Crippen molar-refractivity contribution in [2.24, 2.45) is 11.8 Å². The average Bonchev–Trinajstić information content (AvgIpc) is 2.80. The molecule has 4 atom stereocenters. The van der Waals surface area contributed by atoms with E-state index in [2.05, 4.69) is 29.7 Å². The molecule has 0 saturated heterocycles. The van der Waals surface area contributed by atoms with E-state index in [0.29, 0.717) is 12.5 Å². The molecule has 0 aromatic heterocycles. The molecule has 116 valence electrons. The van der Waals surface area contributed by atoms with Gasteiger partial charge in [-0.3, -0.25) is 0 Å². The van der Waals surface area contributed by atoms with Gasteiger partial charge in [-0.2, -0.15) is 0 Å². The minimum absolute atomic E-state index is 0.0574. The highest BCUT2D eigenvalue weighted by molar-refractivity contribution is 5.74. The third-order valence-electron chi connectivity index (χ3n) is 4.56. The molecule has 3 N–H and O–H groups in total. The smallest absolute Gasteiger partial charge is 0.315 e. The topological polar surface area (TPSA) is 61.4 Å². The molecule has 2 amide bonds. The second-order valence-corrected chi connectivity index (χ2v) is 6.17. The highest BCUT2D eigenvalue weighted by atomic mass is 16.3. The Hall–Kier alpha value is -1.55. The summed E-state index contributed by atoms with van der Waals surface area (Å²) in [5, 5.41) is 15.7.